The molecule has 154 valence electrons. The van der Waals surface area contributed by atoms with Crippen molar-refractivity contribution >= 4 is 5.91 Å². The molecule has 2 rings (SSSR count). The Morgan fingerprint density at radius 3 is 2.33 bits per heavy atom. The van der Waals surface area contributed by atoms with E-state index in [9.17, 15) is 4.79 Å². The third-order valence-electron chi connectivity index (χ3n) is 4.67. The minimum Gasteiger partial charge on any atom is -0.368 e. The van der Waals surface area contributed by atoms with Crippen LogP contribution in [0.2, 0.25) is 0 Å². The van der Waals surface area contributed by atoms with Gasteiger partial charge in [0.2, 0.25) is 5.91 Å². The van der Waals surface area contributed by atoms with Crippen molar-refractivity contribution < 1.29 is 9.53 Å². The predicted octanol–water partition coefficient (Wildman–Crippen LogP) is 4.72. The molecule has 1 aliphatic carbocycles. The first-order valence-electron chi connectivity index (χ1n) is 10.4. The first kappa shape index (κ1) is 23.6. The van der Waals surface area contributed by atoms with E-state index in [1.165, 1.54) is 24.8 Å². The molecule has 2 atom stereocenters. The molecule has 1 amide bonds. The Morgan fingerprint density at radius 2 is 1.74 bits per heavy atom. The van der Waals surface area contributed by atoms with Gasteiger partial charge < -0.3 is 14.5 Å². The standard InChI is InChI=1S/C20H32N2O2.C3H8/c1-16-7-5-10-19(11-16)24-15-20(23)22(4)14-18-9-6-8-17(12-18)13-21(2)3;1-3-2/h6,8-9,12,16,19H,5,7,10-11,13-15H2,1-4H3;3H2,1-2H3. The van der Waals surface area contributed by atoms with E-state index in [2.05, 4.69) is 64.0 Å². The summed E-state index contributed by atoms with van der Waals surface area (Å²) in [7, 11) is 5.98. The van der Waals surface area contributed by atoms with Gasteiger partial charge in [-0.15, -0.1) is 0 Å². The number of carbonyl (C=O) groups excluding carboxylic acids is 1. The Morgan fingerprint density at radius 1 is 1.11 bits per heavy atom. The average molecular weight is 377 g/mol. The zero-order chi connectivity index (χ0) is 20.2. The minimum absolute atomic E-state index is 0.0613. The number of hydrogen-bond donors (Lipinski definition) is 0. The molecule has 0 saturated heterocycles. The molecule has 1 aromatic rings. The van der Waals surface area contributed by atoms with Crippen LogP contribution in [-0.4, -0.2) is 49.6 Å². The van der Waals surface area contributed by atoms with Gasteiger partial charge in [0.25, 0.3) is 0 Å². The molecule has 0 bridgehead atoms. The van der Waals surface area contributed by atoms with Crippen LogP contribution in [0.1, 0.15) is 64.0 Å². The normalized spacial score (nSPS) is 19.4. The number of likely N-dealkylation sites (N-methyl/N-ethyl adjacent to an activating group) is 1. The van der Waals surface area contributed by atoms with Gasteiger partial charge in [-0.25, -0.2) is 0 Å². The summed E-state index contributed by atoms with van der Waals surface area (Å²) in [5, 5.41) is 0. The van der Waals surface area contributed by atoms with Crippen LogP contribution in [0, 0.1) is 5.92 Å². The smallest absolute Gasteiger partial charge is 0.248 e. The van der Waals surface area contributed by atoms with Crippen molar-refractivity contribution in [1.29, 1.82) is 0 Å². The molecule has 1 aromatic carbocycles. The van der Waals surface area contributed by atoms with Gasteiger partial charge in [0.05, 0.1) is 6.10 Å². The van der Waals surface area contributed by atoms with E-state index in [1.54, 1.807) is 4.90 Å². The molecule has 0 heterocycles. The number of ether oxygens (including phenoxy) is 1. The zero-order valence-corrected chi connectivity index (χ0v) is 18.3. The topological polar surface area (TPSA) is 32.8 Å². The number of hydrogen-bond acceptors (Lipinski definition) is 3. The molecule has 4 heteroatoms. The van der Waals surface area contributed by atoms with Crippen LogP contribution in [0.25, 0.3) is 0 Å². The molecule has 1 aliphatic rings. The summed E-state index contributed by atoms with van der Waals surface area (Å²) in [6.07, 6.45) is 6.19. The van der Waals surface area contributed by atoms with Crippen LogP contribution in [0.4, 0.5) is 0 Å². The number of nitrogens with zero attached hydrogens (tertiary/aromatic N) is 2. The second-order valence-corrected chi connectivity index (χ2v) is 8.22. The largest absolute Gasteiger partial charge is 0.368 e. The maximum Gasteiger partial charge on any atom is 0.248 e. The van der Waals surface area contributed by atoms with Gasteiger partial charge >= 0.3 is 0 Å². The highest BCUT2D eigenvalue weighted by atomic mass is 16.5. The average Bonchev–Trinajstić information content (AvgIpc) is 2.60. The molecule has 2 unspecified atom stereocenters. The van der Waals surface area contributed by atoms with Crippen molar-refractivity contribution in [2.75, 3.05) is 27.7 Å². The number of amides is 1. The number of carbonyl (C=O) groups is 1. The first-order chi connectivity index (χ1) is 12.8. The van der Waals surface area contributed by atoms with E-state index >= 15 is 0 Å². The number of rotatable bonds is 7. The van der Waals surface area contributed by atoms with Gasteiger partial charge in [0.1, 0.15) is 6.61 Å². The van der Waals surface area contributed by atoms with Gasteiger partial charge in [-0.2, -0.15) is 0 Å². The summed E-state index contributed by atoms with van der Waals surface area (Å²) in [6, 6.07) is 8.44. The van der Waals surface area contributed by atoms with Crippen LogP contribution in [-0.2, 0) is 22.6 Å². The monoisotopic (exact) mass is 376 g/mol. The van der Waals surface area contributed by atoms with Crippen molar-refractivity contribution in [2.45, 2.75) is 72.1 Å². The quantitative estimate of drug-likeness (QED) is 0.690. The zero-order valence-electron chi connectivity index (χ0n) is 18.3. The maximum absolute atomic E-state index is 12.3. The minimum atomic E-state index is 0.0613. The Labute approximate surface area is 166 Å². The van der Waals surface area contributed by atoms with E-state index in [1.807, 2.05) is 7.05 Å². The highest BCUT2D eigenvalue weighted by molar-refractivity contribution is 5.77. The predicted molar refractivity (Wildman–Crippen MR) is 114 cm³/mol. The fourth-order valence-corrected chi connectivity index (χ4v) is 3.38. The van der Waals surface area contributed by atoms with Crippen molar-refractivity contribution in [3.63, 3.8) is 0 Å². The Balaban J connectivity index is 0.00000114. The highest BCUT2D eigenvalue weighted by Gasteiger charge is 2.21. The van der Waals surface area contributed by atoms with E-state index in [0.29, 0.717) is 6.54 Å². The van der Waals surface area contributed by atoms with Crippen molar-refractivity contribution in [2.24, 2.45) is 5.92 Å². The van der Waals surface area contributed by atoms with Crippen molar-refractivity contribution in [1.82, 2.24) is 9.80 Å². The van der Waals surface area contributed by atoms with E-state index < -0.39 is 0 Å². The van der Waals surface area contributed by atoms with Crippen LogP contribution in [0.5, 0.6) is 0 Å². The first-order valence-corrected chi connectivity index (χ1v) is 10.4. The molecular formula is C23H40N2O2. The lowest BCUT2D eigenvalue weighted by Crippen LogP contribution is -2.32. The van der Waals surface area contributed by atoms with Crippen LogP contribution in [0.15, 0.2) is 24.3 Å². The molecule has 0 radical (unpaired) electrons. The fourth-order valence-electron chi connectivity index (χ4n) is 3.38. The van der Waals surface area contributed by atoms with Gasteiger partial charge in [-0.1, -0.05) is 64.3 Å². The molecule has 1 saturated carbocycles. The summed E-state index contributed by atoms with van der Waals surface area (Å²) < 4.78 is 5.85. The summed E-state index contributed by atoms with van der Waals surface area (Å²) >= 11 is 0. The Hall–Kier alpha value is -1.39. The molecule has 0 spiro atoms. The van der Waals surface area contributed by atoms with E-state index in [-0.39, 0.29) is 18.6 Å². The lowest BCUT2D eigenvalue weighted by Gasteiger charge is -2.27. The third-order valence-corrected chi connectivity index (χ3v) is 4.67. The molecule has 1 fully saturated rings. The Bertz CT molecular complexity index is 545. The van der Waals surface area contributed by atoms with Crippen LogP contribution in [0.3, 0.4) is 0 Å². The summed E-state index contributed by atoms with van der Waals surface area (Å²) in [5.41, 5.74) is 2.43. The van der Waals surface area contributed by atoms with Crippen molar-refractivity contribution in [3.05, 3.63) is 35.4 Å². The van der Waals surface area contributed by atoms with Gasteiger partial charge in [-0.05, 0) is 44.0 Å². The van der Waals surface area contributed by atoms with Gasteiger partial charge in [-0.3, -0.25) is 4.79 Å². The Kier molecular flexibility index (Phi) is 11.3. The van der Waals surface area contributed by atoms with Crippen LogP contribution < -0.4 is 0 Å². The lowest BCUT2D eigenvalue weighted by molar-refractivity contribution is -0.138. The summed E-state index contributed by atoms with van der Waals surface area (Å²) in [6.45, 7) is 8.26. The fraction of sp³-hybridized carbons (Fsp3) is 0.696. The summed E-state index contributed by atoms with van der Waals surface area (Å²) in [4.78, 5) is 16.2. The molecule has 0 aromatic heterocycles. The molecule has 27 heavy (non-hydrogen) atoms. The summed E-state index contributed by atoms with van der Waals surface area (Å²) in [5.74, 6) is 0.780. The van der Waals surface area contributed by atoms with E-state index in [4.69, 9.17) is 4.74 Å². The molecule has 0 N–H and O–H groups in total. The highest BCUT2D eigenvalue weighted by Crippen LogP contribution is 2.25. The maximum atomic E-state index is 12.3. The van der Waals surface area contributed by atoms with E-state index in [0.717, 1.165) is 30.9 Å². The second-order valence-electron chi connectivity index (χ2n) is 8.22. The van der Waals surface area contributed by atoms with Crippen molar-refractivity contribution in [3.8, 4) is 0 Å². The molecule has 4 nitrogen and oxygen atoms in total. The molecule has 0 aliphatic heterocycles. The van der Waals surface area contributed by atoms with Gasteiger partial charge in [0.15, 0.2) is 0 Å². The SMILES string of the molecule is CC1CCCC(OCC(=O)N(C)Cc2cccc(CN(C)C)c2)C1.CCC. The third kappa shape index (κ3) is 9.92. The lowest BCUT2D eigenvalue weighted by atomic mass is 9.89. The van der Waals surface area contributed by atoms with Crippen LogP contribution >= 0.6 is 0 Å². The molecular weight excluding hydrogens is 336 g/mol. The van der Waals surface area contributed by atoms with Gasteiger partial charge in [0, 0.05) is 20.1 Å². The number of benzene rings is 1. The second kappa shape index (κ2) is 12.9.